The zero-order chi connectivity index (χ0) is 14.8. The fraction of sp³-hybridized carbons (Fsp3) is 0.529. The molecule has 1 aromatic rings. The first-order valence-electron chi connectivity index (χ1n) is 7.40. The maximum Gasteiger partial charge on any atom is 0.119 e. The summed E-state index contributed by atoms with van der Waals surface area (Å²) in [7, 11) is 0. The molecule has 21 heavy (non-hydrogen) atoms. The zero-order valence-corrected chi connectivity index (χ0v) is 12.2. The maximum atomic E-state index is 8.66. The molecule has 4 heteroatoms. The molecule has 0 saturated carbocycles. The Morgan fingerprint density at radius 1 is 1.14 bits per heavy atom. The van der Waals surface area contributed by atoms with Gasteiger partial charge in [-0.1, -0.05) is 11.8 Å². The van der Waals surface area contributed by atoms with Gasteiger partial charge >= 0.3 is 0 Å². The van der Waals surface area contributed by atoms with Gasteiger partial charge in [-0.2, -0.15) is 0 Å². The Kier molecular flexibility index (Phi) is 7.10. The van der Waals surface area contributed by atoms with Crippen LogP contribution in [0.15, 0.2) is 24.3 Å². The van der Waals surface area contributed by atoms with E-state index in [9.17, 15) is 0 Å². The monoisotopic (exact) mass is 290 g/mol. The van der Waals surface area contributed by atoms with Crippen molar-refractivity contribution in [2.24, 2.45) is 0 Å². The number of benzene rings is 1. The fourth-order valence-electron chi connectivity index (χ4n) is 2.07. The molecular formula is C17H22O4. The third-order valence-corrected chi connectivity index (χ3v) is 3.20. The summed E-state index contributed by atoms with van der Waals surface area (Å²) in [4.78, 5) is 0. The molecule has 1 N–H and O–H groups in total. The Bertz CT molecular complexity index is 452. The third-order valence-electron chi connectivity index (χ3n) is 3.20. The summed E-state index contributed by atoms with van der Waals surface area (Å²) in [5, 5.41) is 8.66. The molecule has 0 radical (unpaired) electrons. The molecule has 1 aliphatic heterocycles. The lowest BCUT2D eigenvalue weighted by Crippen LogP contribution is -2.25. The molecule has 114 valence electrons. The molecule has 0 bridgehead atoms. The van der Waals surface area contributed by atoms with Gasteiger partial charge in [0.05, 0.1) is 19.3 Å². The minimum Gasteiger partial charge on any atom is -0.491 e. The van der Waals surface area contributed by atoms with Crippen LogP contribution in [-0.4, -0.2) is 44.2 Å². The third kappa shape index (κ3) is 6.17. The summed E-state index contributed by atoms with van der Waals surface area (Å²) in [5.74, 6) is 6.69. The van der Waals surface area contributed by atoms with Crippen molar-refractivity contribution >= 4 is 0 Å². The van der Waals surface area contributed by atoms with Crippen LogP contribution in [0.1, 0.15) is 24.8 Å². The minimum absolute atomic E-state index is 0.0985. The lowest BCUT2D eigenvalue weighted by Gasteiger charge is -2.22. The maximum absolute atomic E-state index is 8.66. The highest BCUT2D eigenvalue weighted by Crippen LogP contribution is 2.13. The van der Waals surface area contributed by atoms with Crippen LogP contribution >= 0.6 is 0 Å². The van der Waals surface area contributed by atoms with Crippen molar-refractivity contribution in [1.29, 1.82) is 0 Å². The molecule has 2 rings (SSSR count). The predicted octanol–water partition coefficient (Wildman–Crippen LogP) is 1.99. The molecule has 1 fully saturated rings. The van der Waals surface area contributed by atoms with Gasteiger partial charge < -0.3 is 19.3 Å². The van der Waals surface area contributed by atoms with E-state index >= 15 is 0 Å². The summed E-state index contributed by atoms with van der Waals surface area (Å²) in [6.45, 7) is 2.84. The molecule has 0 unspecified atom stereocenters. The topological polar surface area (TPSA) is 47.9 Å². The second kappa shape index (κ2) is 9.41. The zero-order valence-electron chi connectivity index (χ0n) is 12.2. The molecule has 4 nitrogen and oxygen atoms in total. The normalized spacial score (nSPS) is 15.3. The summed E-state index contributed by atoms with van der Waals surface area (Å²) < 4.78 is 16.7. The van der Waals surface area contributed by atoms with Gasteiger partial charge in [0.1, 0.15) is 12.4 Å². The Hall–Kier alpha value is -1.54. The van der Waals surface area contributed by atoms with Crippen LogP contribution in [0.4, 0.5) is 0 Å². The second-order valence-electron chi connectivity index (χ2n) is 4.83. The first kappa shape index (κ1) is 15.8. The van der Waals surface area contributed by atoms with E-state index in [1.807, 2.05) is 24.3 Å². The minimum atomic E-state index is 0.0985. The van der Waals surface area contributed by atoms with Gasteiger partial charge in [-0.3, -0.25) is 0 Å². The van der Waals surface area contributed by atoms with Gasteiger partial charge in [-0.15, -0.1) is 0 Å². The van der Waals surface area contributed by atoms with Crippen molar-refractivity contribution in [3.8, 4) is 17.6 Å². The summed E-state index contributed by atoms with van der Waals surface area (Å²) in [6, 6.07) is 7.63. The SMILES string of the molecule is OCCC#Cc1ccc(OCCOC2CCOCC2)cc1. The lowest BCUT2D eigenvalue weighted by atomic mass is 10.2. The highest BCUT2D eigenvalue weighted by molar-refractivity contribution is 5.38. The molecular weight excluding hydrogens is 268 g/mol. The van der Waals surface area contributed by atoms with Crippen LogP contribution < -0.4 is 4.74 Å². The van der Waals surface area contributed by atoms with E-state index in [1.54, 1.807) is 0 Å². The molecule has 1 aliphatic rings. The number of aliphatic hydroxyl groups excluding tert-OH is 1. The molecule has 1 heterocycles. The van der Waals surface area contributed by atoms with Crippen molar-refractivity contribution in [3.05, 3.63) is 29.8 Å². The number of aliphatic hydroxyl groups is 1. The van der Waals surface area contributed by atoms with Gasteiger partial charge in [0, 0.05) is 25.2 Å². The largest absolute Gasteiger partial charge is 0.491 e. The molecule has 1 aromatic carbocycles. The second-order valence-corrected chi connectivity index (χ2v) is 4.83. The highest BCUT2D eigenvalue weighted by Gasteiger charge is 2.13. The molecule has 0 aliphatic carbocycles. The number of rotatable bonds is 6. The Balaban J connectivity index is 1.65. The van der Waals surface area contributed by atoms with Crippen LogP contribution in [0, 0.1) is 11.8 Å². The summed E-state index contributed by atoms with van der Waals surface area (Å²) >= 11 is 0. The fourth-order valence-corrected chi connectivity index (χ4v) is 2.07. The van der Waals surface area contributed by atoms with E-state index in [-0.39, 0.29) is 6.61 Å². The van der Waals surface area contributed by atoms with Crippen molar-refractivity contribution in [2.75, 3.05) is 33.0 Å². The molecule has 1 saturated heterocycles. The standard InChI is InChI=1S/C17H22O4/c18-10-2-1-3-15-4-6-16(7-5-15)20-13-14-21-17-8-11-19-12-9-17/h4-7,17-18H,2,8-14H2. The van der Waals surface area contributed by atoms with Crippen molar-refractivity contribution in [3.63, 3.8) is 0 Å². The van der Waals surface area contributed by atoms with E-state index in [0.29, 0.717) is 25.7 Å². The van der Waals surface area contributed by atoms with Gasteiger partial charge in [0.25, 0.3) is 0 Å². The number of ether oxygens (including phenoxy) is 3. The van der Waals surface area contributed by atoms with E-state index in [0.717, 1.165) is 37.4 Å². The first-order chi connectivity index (χ1) is 10.4. The van der Waals surface area contributed by atoms with E-state index in [1.165, 1.54) is 0 Å². The van der Waals surface area contributed by atoms with Crippen molar-refractivity contribution in [1.82, 2.24) is 0 Å². The Labute approximate surface area is 126 Å². The van der Waals surface area contributed by atoms with Gasteiger partial charge in [-0.25, -0.2) is 0 Å². The Morgan fingerprint density at radius 2 is 1.90 bits per heavy atom. The van der Waals surface area contributed by atoms with Gasteiger partial charge in [-0.05, 0) is 37.1 Å². The van der Waals surface area contributed by atoms with Crippen LogP contribution in [0.5, 0.6) is 5.75 Å². The molecule has 0 aromatic heterocycles. The van der Waals surface area contributed by atoms with Gasteiger partial charge in [0.15, 0.2) is 0 Å². The quantitative estimate of drug-likeness (QED) is 0.643. The highest BCUT2D eigenvalue weighted by atomic mass is 16.5. The van der Waals surface area contributed by atoms with Crippen LogP contribution in [0.25, 0.3) is 0 Å². The lowest BCUT2D eigenvalue weighted by molar-refractivity contribution is -0.0388. The van der Waals surface area contributed by atoms with Crippen LogP contribution in [-0.2, 0) is 9.47 Å². The summed E-state index contributed by atoms with van der Waals surface area (Å²) in [6.07, 6.45) is 2.76. The van der Waals surface area contributed by atoms with E-state index in [4.69, 9.17) is 19.3 Å². The van der Waals surface area contributed by atoms with Crippen LogP contribution in [0.3, 0.4) is 0 Å². The van der Waals surface area contributed by atoms with Gasteiger partial charge in [0.2, 0.25) is 0 Å². The molecule has 0 spiro atoms. The number of hydrogen-bond acceptors (Lipinski definition) is 4. The average molecular weight is 290 g/mol. The summed E-state index contributed by atoms with van der Waals surface area (Å²) in [5.41, 5.74) is 0.925. The first-order valence-corrected chi connectivity index (χ1v) is 7.40. The van der Waals surface area contributed by atoms with E-state index in [2.05, 4.69) is 11.8 Å². The average Bonchev–Trinajstić information content (AvgIpc) is 2.54. The number of hydrogen-bond donors (Lipinski definition) is 1. The predicted molar refractivity (Wildman–Crippen MR) is 80.3 cm³/mol. The smallest absolute Gasteiger partial charge is 0.119 e. The van der Waals surface area contributed by atoms with Crippen molar-refractivity contribution in [2.45, 2.75) is 25.4 Å². The van der Waals surface area contributed by atoms with Crippen molar-refractivity contribution < 1.29 is 19.3 Å². The van der Waals surface area contributed by atoms with E-state index < -0.39 is 0 Å². The molecule has 0 atom stereocenters. The molecule has 0 amide bonds. The van der Waals surface area contributed by atoms with Crippen LogP contribution in [0.2, 0.25) is 0 Å². The Morgan fingerprint density at radius 3 is 2.62 bits per heavy atom.